The molecule has 2 rings (SSSR count). The number of aliphatic hydroxyl groups excluding tert-OH is 1. The summed E-state index contributed by atoms with van der Waals surface area (Å²) in [6, 6.07) is 5.62. The van der Waals surface area contributed by atoms with E-state index in [4.69, 9.17) is 15.6 Å². The third-order valence-corrected chi connectivity index (χ3v) is 3.07. The average molecular weight is 275 g/mol. The number of benzene rings is 1. The number of hydrogen-bond acceptors (Lipinski definition) is 5. The van der Waals surface area contributed by atoms with Gasteiger partial charge in [0.15, 0.2) is 6.29 Å². The molecular formula is C14H17N3O3. The molecule has 0 bridgehead atoms. The summed E-state index contributed by atoms with van der Waals surface area (Å²) >= 11 is 0. The first-order chi connectivity index (χ1) is 9.62. The van der Waals surface area contributed by atoms with Crippen LogP contribution >= 0.6 is 0 Å². The second-order valence-electron chi connectivity index (χ2n) is 4.42. The third-order valence-electron chi connectivity index (χ3n) is 3.07. The zero-order chi connectivity index (χ0) is 14.7. The molecule has 0 aliphatic rings. The van der Waals surface area contributed by atoms with Crippen LogP contribution in [0.4, 0.5) is 5.82 Å². The maximum Gasteiger partial charge on any atom is 0.156 e. The van der Waals surface area contributed by atoms with Gasteiger partial charge in [0.05, 0.1) is 25.8 Å². The maximum atomic E-state index is 11.3. The van der Waals surface area contributed by atoms with Crippen molar-refractivity contribution < 1.29 is 14.6 Å². The number of rotatable bonds is 5. The van der Waals surface area contributed by atoms with Crippen LogP contribution < -0.4 is 10.5 Å². The van der Waals surface area contributed by atoms with Gasteiger partial charge in [-0.3, -0.25) is 4.79 Å². The molecular weight excluding hydrogens is 258 g/mol. The molecule has 0 saturated carbocycles. The Bertz CT molecular complexity index is 635. The Kier molecular flexibility index (Phi) is 4.05. The first kappa shape index (κ1) is 14.1. The van der Waals surface area contributed by atoms with Gasteiger partial charge in [-0.25, -0.2) is 4.68 Å². The molecule has 0 unspecified atom stereocenters. The number of nitrogens with two attached hydrogens (primary N) is 1. The highest BCUT2D eigenvalue weighted by Gasteiger charge is 2.19. The van der Waals surface area contributed by atoms with Crippen molar-refractivity contribution in [2.24, 2.45) is 0 Å². The van der Waals surface area contributed by atoms with Crippen molar-refractivity contribution in [3.63, 3.8) is 0 Å². The van der Waals surface area contributed by atoms with Crippen LogP contribution in [0.15, 0.2) is 18.2 Å². The second-order valence-corrected chi connectivity index (χ2v) is 4.42. The molecule has 0 aliphatic carbocycles. The zero-order valence-corrected chi connectivity index (χ0v) is 11.5. The predicted octanol–water partition coefficient (Wildman–Crippen LogP) is 1.25. The molecule has 1 aromatic carbocycles. The van der Waals surface area contributed by atoms with E-state index in [2.05, 4.69) is 5.10 Å². The molecule has 0 spiro atoms. The van der Waals surface area contributed by atoms with Crippen LogP contribution in [-0.2, 0) is 6.54 Å². The smallest absolute Gasteiger partial charge is 0.156 e. The van der Waals surface area contributed by atoms with E-state index in [0.29, 0.717) is 28.9 Å². The fourth-order valence-corrected chi connectivity index (χ4v) is 2.08. The lowest BCUT2D eigenvalue weighted by atomic mass is 10.0. The highest BCUT2D eigenvalue weighted by molar-refractivity contribution is 5.92. The average Bonchev–Trinajstić information content (AvgIpc) is 2.76. The Hall–Kier alpha value is -2.34. The standard InChI is InChI=1S/C14H17N3O3/c1-9-3-4-12(20-2)10(7-9)13-11(8-19)14(15)17(16-13)5-6-18/h3-4,7-8,18H,5-6,15H2,1-2H3. The number of aldehydes is 1. The van der Waals surface area contributed by atoms with Gasteiger partial charge < -0.3 is 15.6 Å². The topological polar surface area (TPSA) is 90.4 Å². The molecule has 6 nitrogen and oxygen atoms in total. The summed E-state index contributed by atoms with van der Waals surface area (Å²) < 4.78 is 6.73. The van der Waals surface area contributed by atoms with Crippen LogP contribution in [0, 0.1) is 6.92 Å². The number of aryl methyl sites for hydroxylation is 1. The number of aromatic nitrogens is 2. The normalized spacial score (nSPS) is 10.6. The quantitative estimate of drug-likeness (QED) is 0.801. The number of anilines is 1. The molecule has 20 heavy (non-hydrogen) atoms. The number of carbonyl (C=O) groups excluding carboxylic acids is 1. The molecule has 0 saturated heterocycles. The van der Waals surface area contributed by atoms with Crippen LogP contribution in [0.3, 0.4) is 0 Å². The fraction of sp³-hybridized carbons (Fsp3) is 0.286. The van der Waals surface area contributed by atoms with Gasteiger partial charge in [0.25, 0.3) is 0 Å². The van der Waals surface area contributed by atoms with Crippen molar-refractivity contribution in [1.29, 1.82) is 0 Å². The number of nitrogen functional groups attached to an aromatic ring is 1. The van der Waals surface area contributed by atoms with E-state index < -0.39 is 0 Å². The van der Waals surface area contributed by atoms with E-state index in [1.807, 2.05) is 25.1 Å². The van der Waals surface area contributed by atoms with Gasteiger partial charge in [0, 0.05) is 5.56 Å². The van der Waals surface area contributed by atoms with Crippen LogP contribution in [0.1, 0.15) is 15.9 Å². The lowest BCUT2D eigenvalue weighted by Crippen LogP contribution is -2.08. The highest BCUT2D eigenvalue weighted by atomic mass is 16.5. The summed E-state index contributed by atoms with van der Waals surface area (Å²) in [5.74, 6) is 0.861. The van der Waals surface area contributed by atoms with Crippen molar-refractivity contribution in [2.75, 3.05) is 19.5 Å². The number of carbonyl (C=O) groups is 1. The van der Waals surface area contributed by atoms with Gasteiger partial charge in [-0.05, 0) is 19.1 Å². The van der Waals surface area contributed by atoms with Crippen molar-refractivity contribution in [1.82, 2.24) is 9.78 Å². The minimum atomic E-state index is -0.103. The van der Waals surface area contributed by atoms with Gasteiger partial charge in [-0.1, -0.05) is 11.6 Å². The monoisotopic (exact) mass is 275 g/mol. The molecule has 0 radical (unpaired) electrons. The number of methoxy groups -OCH3 is 1. The highest BCUT2D eigenvalue weighted by Crippen LogP contribution is 2.33. The molecule has 1 aromatic heterocycles. The van der Waals surface area contributed by atoms with Crippen LogP contribution in [0.25, 0.3) is 11.3 Å². The van der Waals surface area contributed by atoms with Crippen molar-refractivity contribution in [3.8, 4) is 17.0 Å². The van der Waals surface area contributed by atoms with E-state index >= 15 is 0 Å². The first-order valence-corrected chi connectivity index (χ1v) is 6.19. The molecule has 2 aromatic rings. The summed E-state index contributed by atoms with van der Waals surface area (Å²) in [5, 5.41) is 13.3. The Balaban J connectivity index is 2.65. The van der Waals surface area contributed by atoms with Gasteiger partial charge >= 0.3 is 0 Å². The molecule has 1 heterocycles. The first-order valence-electron chi connectivity index (χ1n) is 6.19. The Morgan fingerprint density at radius 2 is 2.25 bits per heavy atom. The van der Waals surface area contributed by atoms with Gasteiger partial charge in [0.1, 0.15) is 17.3 Å². The predicted molar refractivity (Wildman–Crippen MR) is 75.8 cm³/mol. The SMILES string of the molecule is COc1ccc(C)cc1-c1nn(CCO)c(N)c1C=O. The largest absolute Gasteiger partial charge is 0.496 e. The summed E-state index contributed by atoms with van der Waals surface area (Å²) in [5.41, 5.74) is 8.38. The van der Waals surface area contributed by atoms with Gasteiger partial charge in [-0.2, -0.15) is 5.10 Å². The minimum absolute atomic E-state index is 0.103. The number of nitrogens with zero attached hydrogens (tertiary/aromatic N) is 2. The van der Waals surface area contributed by atoms with Gasteiger partial charge in [-0.15, -0.1) is 0 Å². The van der Waals surface area contributed by atoms with Crippen molar-refractivity contribution >= 4 is 12.1 Å². The summed E-state index contributed by atoms with van der Waals surface area (Å²) in [4.78, 5) is 11.3. The van der Waals surface area contributed by atoms with Crippen molar-refractivity contribution in [3.05, 3.63) is 29.3 Å². The van der Waals surface area contributed by atoms with Crippen LogP contribution in [-0.4, -0.2) is 34.9 Å². The lowest BCUT2D eigenvalue weighted by molar-refractivity contribution is 0.112. The second kappa shape index (κ2) is 5.75. The third kappa shape index (κ3) is 2.37. The number of aliphatic hydroxyl groups is 1. The molecule has 0 fully saturated rings. The summed E-state index contributed by atoms with van der Waals surface area (Å²) in [7, 11) is 1.56. The van der Waals surface area contributed by atoms with Crippen molar-refractivity contribution in [2.45, 2.75) is 13.5 Å². The van der Waals surface area contributed by atoms with E-state index in [-0.39, 0.29) is 19.0 Å². The van der Waals surface area contributed by atoms with Crippen LogP contribution in [0.5, 0.6) is 5.75 Å². The van der Waals surface area contributed by atoms with E-state index in [9.17, 15) is 4.79 Å². The van der Waals surface area contributed by atoms with Gasteiger partial charge in [0.2, 0.25) is 0 Å². The Morgan fingerprint density at radius 1 is 1.50 bits per heavy atom. The number of ether oxygens (including phenoxy) is 1. The fourth-order valence-electron chi connectivity index (χ4n) is 2.08. The van der Waals surface area contributed by atoms with E-state index in [1.165, 1.54) is 4.68 Å². The molecule has 3 N–H and O–H groups in total. The summed E-state index contributed by atoms with van der Waals surface area (Å²) in [6.07, 6.45) is 0.674. The van der Waals surface area contributed by atoms with E-state index in [0.717, 1.165) is 5.56 Å². The lowest BCUT2D eigenvalue weighted by Gasteiger charge is -2.07. The summed E-state index contributed by atoms with van der Waals surface area (Å²) in [6.45, 7) is 2.08. The molecule has 6 heteroatoms. The van der Waals surface area contributed by atoms with E-state index in [1.54, 1.807) is 7.11 Å². The Labute approximate surface area is 116 Å². The molecule has 0 aliphatic heterocycles. The zero-order valence-electron chi connectivity index (χ0n) is 11.5. The molecule has 0 atom stereocenters. The molecule has 0 amide bonds. The van der Waals surface area contributed by atoms with Crippen LogP contribution in [0.2, 0.25) is 0 Å². The maximum absolute atomic E-state index is 11.3. The number of hydrogen-bond donors (Lipinski definition) is 2. The minimum Gasteiger partial charge on any atom is -0.496 e. The Morgan fingerprint density at radius 3 is 2.85 bits per heavy atom. The molecule has 106 valence electrons.